The highest BCUT2D eigenvalue weighted by Gasteiger charge is 2.22. The Kier molecular flexibility index (Phi) is 5.30. The third kappa shape index (κ3) is 4.52. The minimum atomic E-state index is -3.20. The van der Waals surface area contributed by atoms with Crippen molar-refractivity contribution in [1.29, 1.82) is 0 Å². The molecule has 5 nitrogen and oxygen atoms in total. The number of ether oxygens (including phenoxy) is 1. The quantitative estimate of drug-likeness (QED) is 0.887. The van der Waals surface area contributed by atoms with Crippen molar-refractivity contribution in [2.24, 2.45) is 5.73 Å². The zero-order chi connectivity index (χ0) is 17.9. The van der Waals surface area contributed by atoms with Crippen molar-refractivity contribution in [3.05, 3.63) is 54.1 Å². The molecule has 0 aromatic heterocycles. The van der Waals surface area contributed by atoms with E-state index in [1.54, 1.807) is 18.2 Å². The van der Waals surface area contributed by atoms with Crippen molar-refractivity contribution in [2.75, 3.05) is 24.2 Å². The van der Waals surface area contributed by atoms with Crippen molar-refractivity contribution in [2.45, 2.75) is 30.4 Å². The number of hydrogen-bond donors (Lipinski definition) is 1. The van der Waals surface area contributed by atoms with Gasteiger partial charge in [-0.05, 0) is 48.7 Å². The molecule has 1 unspecified atom stereocenters. The predicted octanol–water partition coefficient (Wildman–Crippen LogP) is 2.60. The van der Waals surface area contributed by atoms with Crippen LogP contribution < -0.4 is 15.4 Å². The number of nitrogens with two attached hydrogens (primary N) is 1. The maximum Gasteiger partial charge on any atom is 0.175 e. The SMILES string of the molecule is CS(=O)(=O)c1cccc(N2CCCC(Oc3cccc(CN)c3)C2)c1. The molecular weight excluding hydrogens is 336 g/mol. The van der Waals surface area contributed by atoms with Crippen molar-refractivity contribution in [3.8, 4) is 5.75 Å². The Morgan fingerprint density at radius 3 is 2.76 bits per heavy atom. The third-order valence-corrected chi connectivity index (χ3v) is 5.54. The molecule has 0 spiro atoms. The molecular formula is C19H24N2O3S. The highest BCUT2D eigenvalue weighted by molar-refractivity contribution is 7.90. The van der Waals surface area contributed by atoms with Gasteiger partial charge in [0, 0.05) is 25.0 Å². The summed E-state index contributed by atoms with van der Waals surface area (Å²) in [4.78, 5) is 2.54. The van der Waals surface area contributed by atoms with E-state index in [1.165, 1.54) is 6.26 Å². The molecule has 1 aliphatic heterocycles. The monoisotopic (exact) mass is 360 g/mol. The van der Waals surface area contributed by atoms with E-state index in [9.17, 15) is 8.42 Å². The first-order valence-electron chi connectivity index (χ1n) is 8.46. The first-order chi connectivity index (χ1) is 12.0. The van der Waals surface area contributed by atoms with Gasteiger partial charge in [0.05, 0.1) is 11.4 Å². The van der Waals surface area contributed by atoms with E-state index in [4.69, 9.17) is 10.5 Å². The van der Waals surface area contributed by atoms with Crippen molar-refractivity contribution in [1.82, 2.24) is 0 Å². The van der Waals surface area contributed by atoms with Gasteiger partial charge in [0.25, 0.3) is 0 Å². The summed E-state index contributed by atoms with van der Waals surface area (Å²) in [5.41, 5.74) is 7.66. The standard InChI is InChI=1S/C19H24N2O3S/c1-25(22,23)19-9-3-6-16(12-19)21-10-4-8-18(14-21)24-17-7-2-5-15(11-17)13-20/h2-3,5-7,9,11-12,18H,4,8,10,13-14,20H2,1H3. The molecule has 134 valence electrons. The van der Waals surface area contributed by atoms with Crippen molar-refractivity contribution < 1.29 is 13.2 Å². The minimum absolute atomic E-state index is 0.0728. The van der Waals surface area contributed by atoms with E-state index < -0.39 is 9.84 Å². The number of sulfone groups is 1. The maximum absolute atomic E-state index is 11.8. The molecule has 1 saturated heterocycles. The van der Waals surface area contributed by atoms with Gasteiger partial charge in [0.2, 0.25) is 0 Å². The lowest BCUT2D eigenvalue weighted by Crippen LogP contribution is -2.41. The zero-order valence-electron chi connectivity index (χ0n) is 14.4. The van der Waals surface area contributed by atoms with E-state index in [-0.39, 0.29) is 6.10 Å². The third-order valence-electron chi connectivity index (χ3n) is 4.43. The van der Waals surface area contributed by atoms with E-state index in [0.717, 1.165) is 42.9 Å². The topological polar surface area (TPSA) is 72.6 Å². The van der Waals surface area contributed by atoms with Crippen LogP contribution in [0.2, 0.25) is 0 Å². The summed E-state index contributed by atoms with van der Waals surface area (Å²) in [6.07, 6.45) is 3.29. The second-order valence-electron chi connectivity index (χ2n) is 6.45. The van der Waals surface area contributed by atoms with Gasteiger partial charge in [-0.25, -0.2) is 8.42 Å². The van der Waals surface area contributed by atoms with Gasteiger partial charge in [-0.3, -0.25) is 0 Å². The summed E-state index contributed by atoms with van der Waals surface area (Å²) < 4.78 is 29.7. The molecule has 1 fully saturated rings. The Morgan fingerprint density at radius 2 is 2.00 bits per heavy atom. The van der Waals surface area contributed by atoms with Gasteiger partial charge in [-0.15, -0.1) is 0 Å². The smallest absolute Gasteiger partial charge is 0.175 e. The lowest BCUT2D eigenvalue weighted by atomic mass is 10.1. The molecule has 0 amide bonds. The minimum Gasteiger partial charge on any atom is -0.489 e. The number of benzene rings is 2. The molecule has 2 N–H and O–H groups in total. The summed E-state index contributed by atoms with van der Waals surface area (Å²) >= 11 is 0. The molecule has 0 radical (unpaired) electrons. The fraction of sp³-hybridized carbons (Fsp3) is 0.368. The van der Waals surface area contributed by atoms with Crippen LogP contribution in [0.15, 0.2) is 53.4 Å². The Hall–Kier alpha value is -2.05. The van der Waals surface area contributed by atoms with Gasteiger partial charge in [-0.2, -0.15) is 0 Å². The summed E-state index contributed by atoms with van der Waals surface area (Å²) in [6, 6.07) is 15.0. The molecule has 1 aliphatic rings. The van der Waals surface area contributed by atoms with Gasteiger partial charge in [-0.1, -0.05) is 18.2 Å². The molecule has 3 rings (SSSR count). The van der Waals surface area contributed by atoms with E-state index in [2.05, 4.69) is 4.90 Å². The van der Waals surface area contributed by atoms with Crippen LogP contribution in [0.4, 0.5) is 5.69 Å². The molecule has 2 aromatic carbocycles. The Balaban J connectivity index is 1.73. The average molecular weight is 360 g/mol. The van der Waals surface area contributed by atoms with Crippen LogP contribution in [0.25, 0.3) is 0 Å². The van der Waals surface area contributed by atoms with Crippen molar-refractivity contribution >= 4 is 15.5 Å². The van der Waals surface area contributed by atoms with Gasteiger partial charge < -0.3 is 15.4 Å². The van der Waals surface area contributed by atoms with E-state index in [0.29, 0.717) is 11.4 Å². The van der Waals surface area contributed by atoms with E-state index >= 15 is 0 Å². The van der Waals surface area contributed by atoms with Crippen LogP contribution in [-0.4, -0.2) is 33.9 Å². The highest BCUT2D eigenvalue weighted by Crippen LogP contribution is 2.25. The lowest BCUT2D eigenvalue weighted by molar-refractivity contribution is 0.179. The maximum atomic E-state index is 11.8. The van der Waals surface area contributed by atoms with Crippen LogP contribution in [0, 0.1) is 0 Å². The molecule has 0 saturated carbocycles. The number of hydrogen-bond acceptors (Lipinski definition) is 5. The first kappa shape index (κ1) is 17.8. The Bertz CT molecular complexity index is 836. The summed E-state index contributed by atoms with van der Waals surface area (Å²) in [7, 11) is -3.20. The van der Waals surface area contributed by atoms with Crippen molar-refractivity contribution in [3.63, 3.8) is 0 Å². The largest absolute Gasteiger partial charge is 0.489 e. The molecule has 25 heavy (non-hydrogen) atoms. The number of nitrogens with zero attached hydrogens (tertiary/aromatic N) is 1. The second kappa shape index (κ2) is 7.45. The fourth-order valence-corrected chi connectivity index (χ4v) is 3.78. The molecule has 1 heterocycles. The lowest BCUT2D eigenvalue weighted by Gasteiger charge is -2.34. The molecule has 6 heteroatoms. The average Bonchev–Trinajstić information content (AvgIpc) is 2.61. The molecule has 0 bridgehead atoms. The van der Waals surface area contributed by atoms with Crippen LogP contribution in [0.1, 0.15) is 18.4 Å². The summed E-state index contributed by atoms with van der Waals surface area (Å²) in [5.74, 6) is 0.833. The first-order valence-corrected chi connectivity index (χ1v) is 10.4. The fourth-order valence-electron chi connectivity index (χ4n) is 3.12. The highest BCUT2D eigenvalue weighted by atomic mass is 32.2. The van der Waals surface area contributed by atoms with Gasteiger partial charge in [0.1, 0.15) is 11.9 Å². The normalized spacial score (nSPS) is 18.2. The number of rotatable bonds is 5. The van der Waals surface area contributed by atoms with Crippen LogP contribution in [0.3, 0.4) is 0 Å². The number of anilines is 1. The van der Waals surface area contributed by atoms with Gasteiger partial charge in [0.15, 0.2) is 9.84 Å². The van der Waals surface area contributed by atoms with E-state index in [1.807, 2.05) is 30.3 Å². The molecule has 0 aliphatic carbocycles. The second-order valence-corrected chi connectivity index (χ2v) is 8.46. The summed E-state index contributed by atoms with van der Waals surface area (Å²) in [5, 5.41) is 0. The predicted molar refractivity (Wildman–Crippen MR) is 99.7 cm³/mol. The molecule has 2 aromatic rings. The van der Waals surface area contributed by atoms with Gasteiger partial charge >= 0.3 is 0 Å². The van der Waals surface area contributed by atoms with Crippen LogP contribution in [-0.2, 0) is 16.4 Å². The Labute approximate surface area is 149 Å². The van der Waals surface area contributed by atoms with Crippen LogP contribution >= 0.6 is 0 Å². The molecule has 1 atom stereocenters. The summed E-state index contributed by atoms with van der Waals surface area (Å²) in [6.45, 7) is 2.13. The van der Waals surface area contributed by atoms with Crippen LogP contribution in [0.5, 0.6) is 5.75 Å². The number of piperidine rings is 1. The Morgan fingerprint density at radius 1 is 1.20 bits per heavy atom. The zero-order valence-corrected chi connectivity index (χ0v) is 15.2.